The van der Waals surface area contributed by atoms with E-state index in [1.54, 1.807) is 19.2 Å². The highest BCUT2D eigenvalue weighted by atomic mass is 35.5. The number of carbonyl (C=O) groups is 1. The standard InChI is InChI=1S/C11H15N3O3.ClH/c1-12-8-11(15)13-7-6-9-2-4-10(5-3-9)14(16)17;/h2-5,12H,6-8H2,1H3,(H,13,15);1H. The molecule has 2 N–H and O–H groups in total. The fourth-order valence-electron chi connectivity index (χ4n) is 1.35. The summed E-state index contributed by atoms with van der Waals surface area (Å²) in [6.07, 6.45) is 0.660. The molecule has 0 fully saturated rings. The summed E-state index contributed by atoms with van der Waals surface area (Å²) in [5.74, 6) is -0.0607. The molecule has 0 atom stereocenters. The van der Waals surface area contributed by atoms with Crippen molar-refractivity contribution in [3.05, 3.63) is 39.9 Å². The highest BCUT2D eigenvalue weighted by molar-refractivity contribution is 5.85. The number of hydrogen-bond acceptors (Lipinski definition) is 4. The third-order valence-electron chi connectivity index (χ3n) is 2.22. The van der Waals surface area contributed by atoms with Crippen molar-refractivity contribution in [2.45, 2.75) is 6.42 Å². The number of likely N-dealkylation sites (N-methyl/N-ethyl adjacent to an activating group) is 1. The number of nitro groups is 1. The van der Waals surface area contributed by atoms with Crippen molar-refractivity contribution >= 4 is 24.0 Å². The van der Waals surface area contributed by atoms with Crippen LogP contribution in [0.25, 0.3) is 0 Å². The zero-order chi connectivity index (χ0) is 12.7. The topological polar surface area (TPSA) is 84.3 Å². The van der Waals surface area contributed by atoms with Gasteiger partial charge >= 0.3 is 0 Å². The number of amides is 1. The van der Waals surface area contributed by atoms with Crippen LogP contribution in [0.4, 0.5) is 5.69 Å². The number of halogens is 1. The maximum absolute atomic E-state index is 11.1. The van der Waals surface area contributed by atoms with E-state index in [1.165, 1.54) is 12.1 Å². The van der Waals surface area contributed by atoms with Crippen LogP contribution in [0.3, 0.4) is 0 Å². The van der Waals surface area contributed by atoms with Gasteiger partial charge in [-0.15, -0.1) is 12.4 Å². The van der Waals surface area contributed by atoms with E-state index in [4.69, 9.17) is 0 Å². The lowest BCUT2D eigenvalue weighted by Gasteiger charge is -2.04. The summed E-state index contributed by atoms with van der Waals surface area (Å²) in [6.45, 7) is 0.818. The Balaban J connectivity index is 0.00000289. The molecule has 0 saturated carbocycles. The van der Waals surface area contributed by atoms with Gasteiger partial charge in [-0.25, -0.2) is 0 Å². The quantitative estimate of drug-likeness (QED) is 0.596. The largest absolute Gasteiger partial charge is 0.355 e. The van der Waals surface area contributed by atoms with E-state index in [9.17, 15) is 14.9 Å². The van der Waals surface area contributed by atoms with Gasteiger partial charge in [-0.05, 0) is 19.0 Å². The Bertz CT molecular complexity index is 395. The number of hydrogen-bond donors (Lipinski definition) is 2. The Labute approximate surface area is 111 Å². The third kappa shape index (κ3) is 5.60. The van der Waals surface area contributed by atoms with Crippen molar-refractivity contribution in [2.24, 2.45) is 0 Å². The first-order chi connectivity index (χ1) is 8.13. The van der Waals surface area contributed by atoms with Crippen LogP contribution in [0.2, 0.25) is 0 Å². The molecular formula is C11H16ClN3O3. The smallest absolute Gasteiger partial charge is 0.269 e. The van der Waals surface area contributed by atoms with Crippen LogP contribution in [0.1, 0.15) is 5.56 Å². The molecule has 1 aromatic carbocycles. The first-order valence-electron chi connectivity index (χ1n) is 5.28. The predicted octanol–water partition coefficient (Wildman–Crippen LogP) is 0.895. The molecule has 6 nitrogen and oxygen atoms in total. The lowest BCUT2D eigenvalue weighted by molar-refractivity contribution is -0.384. The van der Waals surface area contributed by atoms with E-state index in [0.29, 0.717) is 19.5 Å². The minimum Gasteiger partial charge on any atom is -0.355 e. The molecule has 1 amide bonds. The number of rotatable bonds is 6. The van der Waals surface area contributed by atoms with Gasteiger partial charge in [-0.1, -0.05) is 12.1 Å². The molecular weight excluding hydrogens is 258 g/mol. The second-order valence-corrected chi connectivity index (χ2v) is 3.55. The summed E-state index contributed by atoms with van der Waals surface area (Å²) >= 11 is 0. The van der Waals surface area contributed by atoms with Crippen molar-refractivity contribution in [2.75, 3.05) is 20.1 Å². The van der Waals surface area contributed by atoms with Crippen LogP contribution in [0.5, 0.6) is 0 Å². The summed E-state index contributed by atoms with van der Waals surface area (Å²) in [6, 6.07) is 6.32. The molecule has 0 unspecified atom stereocenters. The molecule has 0 aliphatic rings. The Morgan fingerprint density at radius 3 is 2.44 bits per heavy atom. The first kappa shape index (κ1) is 16.3. The van der Waals surface area contributed by atoms with Gasteiger partial charge < -0.3 is 10.6 Å². The van der Waals surface area contributed by atoms with Gasteiger partial charge in [-0.3, -0.25) is 14.9 Å². The molecule has 0 spiro atoms. The normalized spacial score (nSPS) is 9.39. The maximum Gasteiger partial charge on any atom is 0.269 e. The van der Waals surface area contributed by atoms with Gasteiger partial charge in [0, 0.05) is 18.7 Å². The van der Waals surface area contributed by atoms with E-state index < -0.39 is 4.92 Å². The number of nitro benzene ring substituents is 1. The second kappa shape index (κ2) is 8.43. The van der Waals surface area contributed by atoms with E-state index in [2.05, 4.69) is 10.6 Å². The zero-order valence-electron chi connectivity index (χ0n) is 10.0. The second-order valence-electron chi connectivity index (χ2n) is 3.55. The minimum atomic E-state index is -0.432. The maximum atomic E-state index is 11.1. The monoisotopic (exact) mass is 273 g/mol. The SMILES string of the molecule is CNCC(=O)NCCc1ccc([N+](=O)[O-])cc1.Cl. The number of carbonyl (C=O) groups excluding carboxylic acids is 1. The van der Waals surface area contributed by atoms with Gasteiger partial charge in [0.2, 0.25) is 5.91 Å². The highest BCUT2D eigenvalue weighted by Gasteiger charge is 2.04. The minimum absolute atomic E-state index is 0. The molecule has 1 aromatic rings. The molecule has 7 heteroatoms. The Morgan fingerprint density at radius 2 is 1.94 bits per heavy atom. The lowest BCUT2D eigenvalue weighted by atomic mass is 10.1. The Kier molecular flexibility index (Phi) is 7.66. The lowest BCUT2D eigenvalue weighted by Crippen LogP contribution is -2.33. The van der Waals surface area contributed by atoms with Crippen LogP contribution in [0, 0.1) is 10.1 Å². The molecule has 0 radical (unpaired) electrons. The van der Waals surface area contributed by atoms with Gasteiger partial charge in [0.25, 0.3) is 5.69 Å². The van der Waals surface area contributed by atoms with Gasteiger partial charge in [0.15, 0.2) is 0 Å². The number of nitrogens with one attached hydrogen (secondary N) is 2. The van der Waals surface area contributed by atoms with Crippen molar-refractivity contribution in [3.8, 4) is 0 Å². The van der Waals surface area contributed by atoms with E-state index in [0.717, 1.165) is 5.56 Å². The summed E-state index contributed by atoms with van der Waals surface area (Å²) < 4.78 is 0. The Hall–Kier alpha value is -1.66. The predicted molar refractivity (Wildman–Crippen MR) is 71.0 cm³/mol. The molecule has 1 rings (SSSR count). The average Bonchev–Trinajstić information content (AvgIpc) is 2.30. The average molecular weight is 274 g/mol. The van der Waals surface area contributed by atoms with Crippen molar-refractivity contribution in [3.63, 3.8) is 0 Å². The molecule has 0 heterocycles. The third-order valence-corrected chi connectivity index (χ3v) is 2.22. The van der Waals surface area contributed by atoms with E-state index >= 15 is 0 Å². The van der Waals surface area contributed by atoms with Gasteiger partial charge in [0.1, 0.15) is 0 Å². The first-order valence-corrected chi connectivity index (χ1v) is 5.28. The molecule has 18 heavy (non-hydrogen) atoms. The number of nitrogens with zero attached hydrogens (tertiary/aromatic N) is 1. The molecule has 0 saturated heterocycles. The molecule has 0 aromatic heterocycles. The summed E-state index contributed by atoms with van der Waals surface area (Å²) in [5, 5.41) is 15.9. The summed E-state index contributed by atoms with van der Waals surface area (Å²) in [7, 11) is 1.70. The van der Waals surface area contributed by atoms with Gasteiger partial charge in [0.05, 0.1) is 11.5 Å². The molecule has 0 aliphatic carbocycles. The van der Waals surface area contributed by atoms with Crippen LogP contribution >= 0.6 is 12.4 Å². The molecule has 100 valence electrons. The van der Waals surface area contributed by atoms with Crippen molar-refractivity contribution < 1.29 is 9.72 Å². The van der Waals surface area contributed by atoms with Crippen LogP contribution in [-0.4, -0.2) is 31.0 Å². The van der Waals surface area contributed by atoms with Crippen molar-refractivity contribution in [1.29, 1.82) is 0 Å². The molecule has 0 bridgehead atoms. The Morgan fingerprint density at radius 1 is 1.33 bits per heavy atom. The van der Waals surface area contributed by atoms with Crippen LogP contribution < -0.4 is 10.6 Å². The number of non-ortho nitro benzene ring substituents is 1. The fraction of sp³-hybridized carbons (Fsp3) is 0.364. The van der Waals surface area contributed by atoms with Crippen molar-refractivity contribution in [1.82, 2.24) is 10.6 Å². The zero-order valence-corrected chi connectivity index (χ0v) is 10.8. The van der Waals surface area contributed by atoms with Crippen LogP contribution in [-0.2, 0) is 11.2 Å². The van der Waals surface area contributed by atoms with E-state index in [1.807, 2.05) is 0 Å². The van der Waals surface area contributed by atoms with E-state index in [-0.39, 0.29) is 24.0 Å². The van der Waals surface area contributed by atoms with Gasteiger partial charge in [-0.2, -0.15) is 0 Å². The molecule has 0 aliphatic heterocycles. The highest BCUT2D eigenvalue weighted by Crippen LogP contribution is 2.11. The fourth-order valence-corrected chi connectivity index (χ4v) is 1.35. The van der Waals surface area contributed by atoms with Crippen LogP contribution in [0.15, 0.2) is 24.3 Å². The summed E-state index contributed by atoms with van der Waals surface area (Å²) in [5.41, 5.74) is 1.04. The summed E-state index contributed by atoms with van der Waals surface area (Å²) in [4.78, 5) is 21.1. The number of benzene rings is 1.